The summed E-state index contributed by atoms with van der Waals surface area (Å²) in [5.41, 5.74) is 4.43. The predicted molar refractivity (Wildman–Crippen MR) is 92.0 cm³/mol. The highest BCUT2D eigenvalue weighted by molar-refractivity contribution is 7.20. The molecule has 2 aromatic heterocycles. The van der Waals surface area contributed by atoms with Gasteiger partial charge in [-0.05, 0) is 37.6 Å². The van der Waals surface area contributed by atoms with Crippen LogP contribution < -0.4 is 5.48 Å². The lowest BCUT2D eigenvalue weighted by Gasteiger charge is -2.03. The first-order valence-electron chi connectivity index (χ1n) is 7.22. The predicted octanol–water partition coefficient (Wildman–Crippen LogP) is 3.79. The Balaban J connectivity index is 1.90. The maximum atomic E-state index is 12.0. The highest BCUT2D eigenvalue weighted by Crippen LogP contribution is 2.29. The number of carbonyl (C=O) groups is 1. The largest absolute Gasteiger partial charge is 0.284 e. The third-order valence-corrected chi connectivity index (χ3v) is 4.79. The lowest BCUT2D eigenvalue weighted by molar-refractivity contribution is 0.0368. The van der Waals surface area contributed by atoms with Crippen LogP contribution in [-0.4, -0.2) is 22.3 Å². The Morgan fingerprint density at radius 1 is 1.39 bits per heavy atom. The van der Waals surface area contributed by atoms with E-state index in [2.05, 4.69) is 10.6 Å². The number of nitrogens with zero attached hydrogens (tertiary/aromatic N) is 2. The molecule has 1 aromatic carbocycles. The molecule has 23 heavy (non-hydrogen) atoms. The van der Waals surface area contributed by atoms with Gasteiger partial charge in [0.05, 0.1) is 23.7 Å². The first-order chi connectivity index (χ1) is 11.1. The van der Waals surface area contributed by atoms with Crippen LogP contribution in [0.4, 0.5) is 0 Å². The molecule has 0 aliphatic carbocycles. The van der Waals surface area contributed by atoms with Crippen molar-refractivity contribution in [3.8, 4) is 0 Å². The minimum Gasteiger partial charge on any atom is -0.274 e. The molecule has 0 radical (unpaired) electrons. The van der Waals surface area contributed by atoms with E-state index in [4.69, 9.17) is 16.4 Å². The number of aromatic nitrogens is 2. The van der Waals surface area contributed by atoms with Crippen molar-refractivity contribution in [2.45, 2.75) is 20.4 Å². The van der Waals surface area contributed by atoms with Crippen molar-refractivity contribution in [2.24, 2.45) is 0 Å². The standard InChI is InChI=1S/C16H16ClN3O2S/c1-3-22-19-15(21)14-8-13-10(2)18-20(16(13)23-14)9-11-4-6-12(17)7-5-11/h4-8H,3,9H2,1-2H3,(H,19,21). The number of halogens is 1. The Hall–Kier alpha value is -1.89. The smallest absolute Gasteiger partial charge is 0.274 e. The summed E-state index contributed by atoms with van der Waals surface area (Å²) in [4.78, 5) is 18.6. The summed E-state index contributed by atoms with van der Waals surface area (Å²) in [6, 6.07) is 9.53. The van der Waals surface area contributed by atoms with Crippen LogP contribution in [0.1, 0.15) is 27.9 Å². The summed E-state index contributed by atoms with van der Waals surface area (Å²) in [5.74, 6) is -0.231. The second-order valence-electron chi connectivity index (χ2n) is 5.06. The third-order valence-electron chi connectivity index (χ3n) is 3.39. The summed E-state index contributed by atoms with van der Waals surface area (Å²) in [5, 5.41) is 6.26. The van der Waals surface area contributed by atoms with Gasteiger partial charge in [-0.2, -0.15) is 5.10 Å². The van der Waals surface area contributed by atoms with Gasteiger partial charge in [0, 0.05) is 10.4 Å². The van der Waals surface area contributed by atoms with E-state index in [1.807, 2.05) is 48.9 Å². The van der Waals surface area contributed by atoms with Crippen molar-refractivity contribution >= 4 is 39.1 Å². The molecule has 0 aliphatic rings. The molecule has 3 rings (SSSR count). The zero-order chi connectivity index (χ0) is 16.4. The van der Waals surface area contributed by atoms with Crippen LogP contribution in [0.2, 0.25) is 5.02 Å². The van der Waals surface area contributed by atoms with Gasteiger partial charge in [0.15, 0.2) is 0 Å². The van der Waals surface area contributed by atoms with Gasteiger partial charge in [-0.15, -0.1) is 11.3 Å². The molecule has 0 spiro atoms. The Bertz CT molecular complexity index is 839. The lowest BCUT2D eigenvalue weighted by atomic mass is 10.2. The number of benzene rings is 1. The molecule has 1 N–H and O–H groups in total. The van der Waals surface area contributed by atoms with E-state index in [1.165, 1.54) is 11.3 Å². The second kappa shape index (κ2) is 6.70. The lowest BCUT2D eigenvalue weighted by Crippen LogP contribution is -2.22. The summed E-state index contributed by atoms with van der Waals surface area (Å²) in [6.45, 7) is 4.82. The van der Waals surface area contributed by atoms with Crippen LogP contribution in [0.3, 0.4) is 0 Å². The van der Waals surface area contributed by atoms with Crippen LogP contribution in [0.5, 0.6) is 0 Å². The molecule has 0 fully saturated rings. The molecule has 1 amide bonds. The maximum Gasteiger partial charge on any atom is 0.284 e. The molecule has 7 heteroatoms. The highest BCUT2D eigenvalue weighted by Gasteiger charge is 2.16. The van der Waals surface area contributed by atoms with Crippen molar-refractivity contribution in [1.29, 1.82) is 0 Å². The molecule has 2 heterocycles. The van der Waals surface area contributed by atoms with Gasteiger partial charge in [-0.3, -0.25) is 14.3 Å². The van der Waals surface area contributed by atoms with E-state index in [0.717, 1.165) is 21.5 Å². The topological polar surface area (TPSA) is 56.1 Å². The number of hydroxylamine groups is 1. The Labute approximate surface area is 142 Å². The summed E-state index contributed by atoms with van der Waals surface area (Å²) in [6.07, 6.45) is 0. The van der Waals surface area contributed by atoms with Gasteiger partial charge in [-0.1, -0.05) is 23.7 Å². The molecule has 0 atom stereocenters. The van der Waals surface area contributed by atoms with Crippen molar-refractivity contribution in [1.82, 2.24) is 15.3 Å². The van der Waals surface area contributed by atoms with E-state index in [-0.39, 0.29) is 5.91 Å². The third kappa shape index (κ3) is 3.39. The SMILES string of the molecule is CCONC(=O)c1cc2c(C)nn(Cc3ccc(Cl)cc3)c2s1. The van der Waals surface area contributed by atoms with Crippen LogP contribution in [-0.2, 0) is 11.4 Å². The highest BCUT2D eigenvalue weighted by atomic mass is 35.5. The van der Waals surface area contributed by atoms with Crippen molar-refractivity contribution in [3.63, 3.8) is 0 Å². The average molecular weight is 350 g/mol. The molecule has 120 valence electrons. The van der Waals surface area contributed by atoms with Crippen LogP contribution in [0, 0.1) is 6.92 Å². The Morgan fingerprint density at radius 2 is 2.13 bits per heavy atom. The zero-order valence-electron chi connectivity index (χ0n) is 12.8. The van der Waals surface area contributed by atoms with E-state index in [1.54, 1.807) is 0 Å². The fraction of sp³-hybridized carbons (Fsp3) is 0.250. The van der Waals surface area contributed by atoms with Gasteiger partial charge in [0.1, 0.15) is 4.83 Å². The minimum atomic E-state index is -0.231. The minimum absolute atomic E-state index is 0.231. The molecule has 0 saturated heterocycles. The summed E-state index contributed by atoms with van der Waals surface area (Å²) < 4.78 is 1.91. The molecule has 5 nitrogen and oxygen atoms in total. The molecular formula is C16H16ClN3O2S. The normalized spacial score (nSPS) is 11.1. The van der Waals surface area contributed by atoms with Crippen molar-refractivity contribution in [2.75, 3.05) is 6.61 Å². The van der Waals surface area contributed by atoms with E-state index in [0.29, 0.717) is 23.1 Å². The number of nitrogens with one attached hydrogen (secondary N) is 1. The number of aryl methyl sites for hydroxylation is 1. The number of rotatable bonds is 5. The Morgan fingerprint density at radius 3 is 2.83 bits per heavy atom. The van der Waals surface area contributed by atoms with Gasteiger partial charge >= 0.3 is 0 Å². The Kier molecular flexibility index (Phi) is 4.66. The van der Waals surface area contributed by atoms with Gasteiger partial charge < -0.3 is 0 Å². The molecular weight excluding hydrogens is 334 g/mol. The average Bonchev–Trinajstić information content (AvgIpc) is 3.09. The van der Waals surface area contributed by atoms with Gasteiger partial charge in [0.2, 0.25) is 0 Å². The maximum absolute atomic E-state index is 12.0. The number of thiophene rings is 1. The fourth-order valence-corrected chi connectivity index (χ4v) is 3.46. The first kappa shape index (κ1) is 16.0. The second-order valence-corrected chi connectivity index (χ2v) is 6.53. The van der Waals surface area contributed by atoms with Crippen LogP contribution in [0.15, 0.2) is 30.3 Å². The quantitative estimate of drug-likeness (QED) is 0.713. The number of carbonyl (C=O) groups excluding carboxylic acids is 1. The van der Waals surface area contributed by atoms with Crippen molar-refractivity contribution in [3.05, 3.63) is 51.5 Å². The number of hydrogen-bond donors (Lipinski definition) is 1. The van der Waals surface area contributed by atoms with Gasteiger partial charge in [-0.25, -0.2) is 5.48 Å². The van der Waals surface area contributed by atoms with Crippen LogP contribution in [0.25, 0.3) is 10.2 Å². The number of fused-ring (bicyclic) bond motifs is 1. The van der Waals surface area contributed by atoms with Gasteiger partial charge in [0.25, 0.3) is 5.91 Å². The summed E-state index contributed by atoms with van der Waals surface area (Å²) >= 11 is 7.33. The molecule has 0 saturated carbocycles. The first-order valence-corrected chi connectivity index (χ1v) is 8.41. The van der Waals surface area contributed by atoms with E-state index >= 15 is 0 Å². The molecule has 0 aliphatic heterocycles. The van der Waals surface area contributed by atoms with Crippen LogP contribution >= 0.6 is 22.9 Å². The zero-order valence-corrected chi connectivity index (χ0v) is 14.4. The van der Waals surface area contributed by atoms with E-state index < -0.39 is 0 Å². The molecule has 0 bridgehead atoms. The number of hydrogen-bond acceptors (Lipinski definition) is 4. The summed E-state index contributed by atoms with van der Waals surface area (Å²) in [7, 11) is 0. The molecule has 0 unspecified atom stereocenters. The fourth-order valence-electron chi connectivity index (χ4n) is 2.28. The van der Waals surface area contributed by atoms with Crippen molar-refractivity contribution < 1.29 is 9.63 Å². The van der Waals surface area contributed by atoms with E-state index in [9.17, 15) is 4.79 Å². The molecule has 3 aromatic rings. The number of amides is 1. The monoisotopic (exact) mass is 349 g/mol.